The van der Waals surface area contributed by atoms with Gasteiger partial charge in [0.2, 0.25) is 0 Å². The average molecular weight is 465 g/mol. The molecule has 0 saturated carbocycles. The number of hydrogen-bond acceptors (Lipinski definition) is 4. The van der Waals surface area contributed by atoms with E-state index in [4.69, 9.17) is 4.55 Å². The fraction of sp³-hybridized carbons (Fsp3) is 0.727. The van der Waals surface area contributed by atoms with Crippen molar-refractivity contribution >= 4 is 20.2 Å². The van der Waals surface area contributed by atoms with Crippen molar-refractivity contribution in [2.24, 2.45) is 0 Å². The summed E-state index contributed by atoms with van der Waals surface area (Å²) in [6, 6.07) is 6.73. The zero-order chi connectivity index (χ0) is 22.9. The van der Waals surface area contributed by atoms with Crippen molar-refractivity contribution in [3.63, 3.8) is 0 Å². The third-order valence-electron chi connectivity index (χ3n) is 4.81. The first-order valence-electron chi connectivity index (χ1n) is 11.1. The van der Waals surface area contributed by atoms with Crippen LogP contribution in [0.5, 0.6) is 0 Å². The Balaban J connectivity index is 0.000000890. The molecule has 1 rings (SSSR count). The van der Waals surface area contributed by atoms with Crippen molar-refractivity contribution in [2.45, 2.75) is 102 Å². The normalized spacial score (nSPS) is 11.7. The highest BCUT2D eigenvalue weighted by molar-refractivity contribution is 7.86. The molecule has 0 heterocycles. The molecule has 0 atom stereocenters. The van der Waals surface area contributed by atoms with Crippen LogP contribution in [-0.2, 0) is 26.7 Å². The summed E-state index contributed by atoms with van der Waals surface area (Å²) < 4.78 is 59.8. The molecule has 0 fully saturated rings. The number of benzene rings is 1. The summed E-state index contributed by atoms with van der Waals surface area (Å²) in [5, 5.41) is 0. The fourth-order valence-electron chi connectivity index (χ4n) is 3.09. The van der Waals surface area contributed by atoms with Gasteiger partial charge in [0, 0.05) is 0 Å². The number of unbranched alkanes of at least 4 members (excludes halogenated alkanes) is 10. The van der Waals surface area contributed by atoms with Crippen molar-refractivity contribution in [3.05, 3.63) is 29.8 Å². The van der Waals surface area contributed by atoms with Crippen LogP contribution < -0.4 is 0 Å². The summed E-state index contributed by atoms with van der Waals surface area (Å²) in [4.78, 5) is 0.0610. The molecular weight excluding hydrogens is 424 g/mol. The second-order valence-corrected chi connectivity index (χ2v) is 10.6. The highest BCUT2D eigenvalue weighted by Gasteiger charge is 2.13. The highest BCUT2D eigenvalue weighted by Crippen LogP contribution is 2.18. The van der Waals surface area contributed by atoms with Gasteiger partial charge in [-0.15, -0.1) is 0 Å². The topological polar surface area (TPSA) is 109 Å². The lowest BCUT2D eigenvalue weighted by atomic mass is 10.0. The van der Waals surface area contributed by atoms with E-state index in [9.17, 15) is 21.4 Å². The van der Waals surface area contributed by atoms with Gasteiger partial charge in [-0.1, -0.05) is 96.3 Å². The predicted molar refractivity (Wildman–Crippen MR) is 123 cm³/mol. The van der Waals surface area contributed by atoms with E-state index in [1.165, 1.54) is 57.4 Å². The van der Waals surface area contributed by atoms with Gasteiger partial charge in [-0.3, -0.25) is 9.11 Å². The van der Waals surface area contributed by atoms with Crippen molar-refractivity contribution in [1.82, 2.24) is 0 Å². The Morgan fingerprint density at radius 2 is 1.13 bits per heavy atom. The van der Waals surface area contributed by atoms with Gasteiger partial charge in [-0.2, -0.15) is 16.8 Å². The van der Waals surface area contributed by atoms with Crippen LogP contribution in [0.2, 0.25) is 0 Å². The SMILES string of the molecule is CCCCCCCCCCCCc1ccccc1S(=O)(=O)O.CCCCS(=O)(=O)O. The van der Waals surface area contributed by atoms with Crippen LogP contribution in [0.1, 0.15) is 96.5 Å². The largest absolute Gasteiger partial charge is 0.294 e. The fourth-order valence-corrected chi connectivity index (χ4v) is 4.50. The van der Waals surface area contributed by atoms with Crippen molar-refractivity contribution < 1.29 is 25.9 Å². The van der Waals surface area contributed by atoms with Gasteiger partial charge >= 0.3 is 0 Å². The highest BCUT2D eigenvalue weighted by atomic mass is 32.2. The first kappa shape index (κ1) is 29.0. The zero-order valence-electron chi connectivity index (χ0n) is 18.6. The van der Waals surface area contributed by atoms with Gasteiger partial charge < -0.3 is 0 Å². The maximum atomic E-state index is 11.3. The number of rotatable bonds is 15. The first-order chi connectivity index (χ1) is 14.1. The Morgan fingerprint density at radius 1 is 0.667 bits per heavy atom. The van der Waals surface area contributed by atoms with Crippen LogP contribution in [-0.4, -0.2) is 31.7 Å². The van der Waals surface area contributed by atoms with Gasteiger partial charge in [0.05, 0.1) is 10.6 Å². The standard InChI is InChI=1S/C18H30O3S.C4H10O3S/c1-2-3-4-5-6-7-8-9-10-11-14-17-15-12-13-16-18(17)22(19,20)21;1-2-3-4-8(5,6)7/h12-13,15-16H,2-11,14H2,1H3,(H,19,20,21);2-4H2,1H3,(H,5,6,7). The van der Waals surface area contributed by atoms with Crippen molar-refractivity contribution in [2.75, 3.05) is 5.75 Å². The van der Waals surface area contributed by atoms with E-state index >= 15 is 0 Å². The van der Waals surface area contributed by atoms with E-state index in [2.05, 4.69) is 6.92 Å². The number of aryl methyl sites for hydroxylation is 1. The molecule has 0 aliphatic rings. The molecule has 1 aromatic carbocycles. The van der Waals surface area contributed by atoms with Crippen LogP contribution in [0, 0.1) is 0 Å². The minimum Gasteiger partial charge on any atom is -0.286 e. The van der Waals surface area contributed by atoms with Gasteiger partial charge in [0.15, 0.2) is 0 Å². The average Bonchev–Trinajstić information content (AvgIpc) is 2.67. The molecule has 0 amide bonds. The van der Waals surface area contributed by atoms with E-state index in [-0.39, 0.29) is 10.6 Å². The molecule has 30 heavy (non-hydrogen) atoms. The minimum atomic E-state index is -4.10. The smallest absolute Gasteiger partial charge is 0.286 e. The van der Waals surface area contributed by atoms with E-state index in [1.807, 2.05) is 13.0 Å². The summed E-state index contributed by atoms with van der Waals surface area (Å²) in [5.74, 6) is -0.108. The lowest BCUT2D eigenvalue weighted by molar-refractivity contribution is 0.479. The summed E-state index contributed by atoms with van der Waals surface area (Å²) >= 11 is 0. The zero-order valence-corrected chi connectivity index (χ0v) is 20.2. The quantitative estimate of drug-likeness (QED) is 0.241. The molecule has 0 radical (unpaired) electrons. The summed E-state index contributed by atoms with van der Waals surface area (Å²) in [6.45, 7) is 4.10. The van der Waals surface area contributed by atoms with E-state index < -0.39 is 20.2 Å². The number of hydrogen-bond donors (Lipinski definition) is 2. The maximum Gasteiger partial charge on any atom is 0.294 e. The summed E-state index contributed by atoms with van der Waals surface area (Å²) in [6.07, 6.45) is 14.6. The van der Waals surface area contributed by atoms with Crippen LogP contribution in [0.4, 0.5) is 0 Å². The molecule has 0 unspecified atom stereocenters. The van der Waals surface area contributed by atoms with E-state index in [0.717, 1.165) is 24.8 Å². The minimum absolute atomic E-state index is 0.0610. The molecule has 0 aliphatic heterocycles. The van der Waals surface area contributed by atoms with Crippen molar-refractivity contribution in [1.29, 1.82) is 0 Å². The molecule has 0 aromatic heterocycles. The van der Waals surface area contributed by atoms with Crippen LogP contribution in [0.25, 0.3) is 0 Å². The van der Waals surface area contributed by atoms with Crippen LogP contribution in [0.15, 0.2) is 29.2 Å². The monoisotopic (exact) mass is 464 g/mol. The first-order valence-corrected chi connectivity index (χ1v) is 14.2. The van der Waals surface area contributed by atoms with Crippen LogP contribution >= 0.6 is 0 Å². The lowest BCUT2D eigenvalue weighted by Crippen LogP contribution is -2.03. The molecule has 0 saturated heterocycles. The Hall–Kier alpha value is -0.960. The third-order valence-corrected chi connectivity index (χ3v) is 6.56. The Bertz CT molecular complexity index is 758. The second-order valence-electron chi connectivity index (χ2n) is 7.65. The predicted octanol–water partition coefficient (Wildman–Crippen LogP) is 6.07. The Labute approximate surface area is 184 Å². The molecule has 0 aliphatic carbocycles. The van der Waals surface area contributed by atoms with Crippen molar-refractivity contribution in [3.8, 4) is 0 Å². The molecule has 0 spiro atoms. The van der Waals surface area contributed by atoms with Gasteiger partial charge in [-0.25, -0.2) is 0 Å². The Kier molecular flexibility index (Phi) is 16.2. The maximum absolute atomic E-state index is 11.3. The van der Waals surface area contributed by atoms with Crippen LogP contribution in [0.3, 0.4) is 0 Å². The summed E-state index contributed by atoms with van der Waals surface area (Å²) in [5.41, 5.74) is 0.726. The van der Waals surface area contributed by atoms with Gasteiger partial charge in [-0.05, 0) is 30.9 Å². The van der Waals surface area contributed by atoms with Gasteiger partial charge in [0.25, 0.3) is 20.2 Å². The molecule has 1 aromatic rings. The third kappa shape index (κ3) is 16.8. The van der Waals surface area contributed by atoms with Gasteiger partial charge in [0.1, 0.15) is 0 Å². The lowest BCUT2D eigenvalue weighted by Gasteiger charge is -2.07. The second kappa shape index (κ2) is 16.7. The molecule has 0 bridgehead atoms. The van der Waals surface area contributed by atoms with E-state index in [1.54, 1.807) is 12.1 Å². The Morgan fingerprint density at radius 3 is 1.57 bits per heavy atom. The molecule has 6 nitrogen and oxygen atoms in total. The molecular formula is C22H40O6S2. The molecule has 2 N–H and O–H groups in total. The van der Waals surface area contributed by atoms with E-state index in [0.29, 0.717) is 12.8 Å². The molecule has 8 heteroatoms. The molecule has 176 valence electrons. The summed E-state index contributed by atoms with van der Waals surface area (Å²) in [7, 11) is -7.78.